The van der Waals surface area contributed by atoms with Crippen molar-refractivity contribution in [2.45, 2.75) is 13.3 Å². The van der Waals surface area contributed by atoms with E-state index >= 15 is 0 Å². The average molecular weight is 251 g/mol. The monoisotopic (exact) mass is 251 g/mol. The number of benzene rings is 2. The molecule has 0 amide bonds. The Balaban J connectivity index is 1.96. The number of hydrogen-bond acceptors (Lipinski definition) is 2. The van der Waals surface area contributed by atoms with Crippen molar-refractivity contribution in [2.24, 2.45) is 7.05 Å². The molecule has 0 saturated heterocycles. The second kappa shape index (κ2) is 4.76. The molecule has 0 aliphatic heterocycles. The molecule has 3 rings (SSSR count). The van der Waals surface area contributed by atoms with Gasteiger partial charge in [0.15, 0.2) is 0 Å². The van der Waals surface area contributed by atoms with E-state index in [9.17, 15) is 0 Å². The van der Waals surface area contributed by atoms with Crippen LogP contribution in [0.5, 0.6) is 0 Å². The molecular weight excluding hydrogens is 234 g/mol. The third kappa shape index (κ3) is 2.32. The molecule has 0 bridgehead atoms. The van der Waals surface area contributed by atoms with Gasteiger partial charge in [-0.1, -0.05) is 37.3 Å². The molecule has 19 heavy (non-hydrogen) atoms. The average Bonchev–Trinajstić information content (AvgIpc) is 2.78. The molecule has 0 unspecified atom stereocenters. The summed E-state index contributed by atoms with van der Waals surface area (Å²) in [6.45, 7) is 2.12. The van der Waals surface area contributed by atoms with Crippen molar-refractivity contribution in [1.29, 1.82) is 0 Å². The predicted molar refractivity (Wildman–Crippen MR) is 79.8 cm³/mol. The number of aromatic nitrogens is 2. The Morgan fingerprint density at radius 1 is 1.11 bits per heavy atom. The van der Waals surface area contributed by atoms with Crippen LogP contribution in [0.15, 0.2) is 48.7 Å². The first-order chi connectivity index (χ1) is 9.26. The highest BCUT2D eigenvalue weighted by molar-refractivity contribution is 5.86. The number of nitrogens with zero attached hydrogens (tertiary/aromatic N) is 2. The summed E-state index contributed by atoms with van der Waals surface area (Å²) in [6.07, 6.45) is 2.95. The lowest BCUT2D eigenvalue weighted by Gasteiger charge is -2.07. The number of hydrogen-bond donors (Lipinski definition) is 1. The Kier molecular flexibility index (Phi) is 2.95. The van der Waals surface area contributed by atoms with Crippen LogP contribution in [0.25, 0.3) is 10.8 Å². The van der Waals surface area contributed by atoms with Gasteiger partial charge in [0, 0.05) is 18.9 Å². The summed E-state index contributed by atoms with van der Waals surface area (Å²) in [5, 5.41) is 10.4. The summed E-state index contributed by atoms with van der Waals surface area (Å²) >= 11 is 0. The zero-order valence-corrected chi connectivity index (χ0v) is 11.2. The highest BCUT2D eigenvalue weighted by Crippen LogP contribution is 2.24. The van der Waals surface area contributed by atoms with Crippen molar-refractivity contribution in [3.8, 4) is 0 Å². The van der Waals surface area contributed by atoms with Gasteiger partial charge in [-0.25, -0.2) is 0 Å². The van der Waals surface area contributed by atoms with Gasteiger partial charge in [0.25, 0.3) is 0 Å². The molecule has 0 aliphatic carbocycles. The van der Waals surface area contributed by atoms with E-state index in [-0.39, 0.29) is 0 Å². The molecule has 0 radical (unpaired) electrons. The molecule has 3 heteroatoms. The maximum Gasteiger partial charge on any atom is 0.0856 e. The van der Waals surface area contributed by atoms with Crippen molar-refractivity contribution < 1.29 is 0 Å². The molecule has 0 saturated carbocycles. The standard InChI is InChI=1S/C16H17N3/c1-3-15-16(11-19(2)18-15)17-14-9-8-12-6-4-5-7-13(12)10-14/h4-11,17H,3H2,1-2H3. The van der Waals surface area contributed by atoms with E-state index in [1.807, 2.05) is 17.9 Å². The van der Waals surface area contributed by atoms with Crippen LogP contribution >= 0.6 is 0 Å². The smallest absolute Gasteiger partial charge is 0.0856 e. The fourth-order valence-corrected chi connectivity index (χ4v) is 2.32. The summed E-state index contributed by atoms with van der Waals surface area (Å²) in [7, 11) is 1.95. The lowest BCUT2D eigenvalue weighted by molar-refractivity contribution is 0.746. The molecule has 3 nitrogen and oxygen atoms in total. The van der Waals surface area contributed by atoms with E-state index in [1.54, 1.807) is 0 Å². The lowest BCUT2D eigenvalue weighted by Crippen LogP contribution is -1.93. The van der Waals surface area contributed by atoms with Crippen molar-refractivity contribution in [1.82, 2.24) is 9.78 Å². The Morgan fingerprint density at radius 3 is 2.68 bits per heavy atom. The maximum atomic E-state index is 4.44. The topological polar surface area (TPSA) is 29.9 Å². The van der Waals surface area contributed by atoms with Crippen LogP contribution in [0.4, 0.5) is 11.4 Å². The molecule has 0 spiro atoms. The predicted octanol–water partition coefficient (Wildman–Crippen LogP) is 3.88. The number of anilines is 2. The van der Waals surface area contributed by atoms with Crippen LogP contribution in [-0.4, -0.2) is 9.78 Å². The molecule has 1 N–H and O–H groups in total. The summed E-state index contributed by atoms with van der Waals surface area (Å²) in [5.74, 6) is 0. The fourth-order valence-electron chi connectivity index (χ4n) is 2.32. The van der Waals surface area contributed by atoms with Crippen LogP contribution < -0.4 is 5.32 Å². The number of rotatable bonds is 3. The van der Waals surface area contributed by atoms with E-state index in [1.165, 1.54) is 10.8 Å². The van der Waals surface area contributed by atoms with Gasteiger partial charge in [0.05, 0.1) is 11.4 Å². The first-order valence-corrected chi connectivity index (χ1v) is 6.54. The number of aryl methyl sites for hydroxylation is 2. The summed E-state index contributed by atoms with van der Waals surface area (Å²) in [5.41, 5.74) is 3.28. The molecule has 2 aromatic carbocycles. The molecule has 1 aromatic heterocycles. The highest BCUT2D eigenvalue weighted by atomic mass is 15.3. The van der Waals surface area contributed by atoms with Gasteiger partial charge in [-0.3, -0.25) is 4.68 Å². The first-order valence-electron chi connectivity index (χ1n) is 6.54. The fraction of sp³-hybridized carbons (Fsp3) is 0.188. The SMILES string of the molecule is CCc1nn(C)cc1Nc1ccc2ccccc2c1. The molecule has 0 aliphatic rings. The minimum Gasteiger partial charge on any atom is -0.353 e. The second-order valence-electron chi connectivity index (χ2n) is 4.70. The van der Waals surface area contributed by atoms with E-state index in [2.05, 4.69) is 59.8 Å². The van der Waals surface area contributed by atoms with E-state index in [0.717, 1.165) is 23.5 Å². The quantitative estimate of drug-likeness (QED) is 0.765. The molecule has 3 aromatic rings. The van der Waals surface area contributed by atoms with Crippen molar-refractivity contribution in [3.63, 3.8) is 0 Å². The van der Waals surface area contributed by atoms with Gasteiger partial charge in [-0.05, 0) is 29.3 Å². The van der Waals surface area contributed by atoms with Gasteiger partial charge in [-0.15, -0.1) is 0 Å². The Bertz CT molecular complexity index is 713. The van der Waals surface area contributed by atoms with Crippen molar-refractivity contribution >= 4 is 22.1 Å². The first kappa shape index (κ1) is 11.8. The largest absolute Gasteiger partial charge is 0.353 e. The minimum atomic E-state index is 0.927. The van der Waals surface area contributed by atoms with Crippen LogP contribution in [0, 0.1) is 0 Å². The van der Waals surface area contributed by atoms with Gasteiger partial charge in [-0.2, -0.15) is 5.10 Å². The van der Waals surface area contributed by atoms with Crippen LogP contribution in [0.2, 0.25) is 0 Å². The van der Waals surface area contributed by atoms with Crippen LogP contribution in [-0.2, 0) is 13.5 Å². The van der Waals surface area contributed by atoms with E-state index in [0.29, 0.717) is 0 Å². The maximum absolute atomic E-state index is 4.44. The van der Waals surface area contributed by atoms with Gasteiger partial charge in [0.1, 0.15) is 0 Å². The minimum absolute atomic E-state index is 0.927. The zero-order valence-electron chi connectivity index (χ0n) is 11.2. The molecular formula is C16H17N3. The molecule has 0 atom stereocenters. The lowest BCUT2D eigenvalue weighted by atomic mass is 10.1. The van der Waals surface area contributed by atoms with Gasteiger partial charge >= 0.3 is 0 Å². The number of fused-ring (bicyclic) bond motifs is 1. The highest BCUT2D eigenvalue weighted by Gasteiger charge is 2.06. The summed E-state index contributed by atoms with van der Waals surface area (Å²) < 4.78 is 1.85. The Labute approximate surface area is 112 Å². The third-order valence-electron chi connectivity index (χ3n) is 3.27. The summed E-state index contributed by atoms with van der Waals surface area (Å²) in [6, 6.07) is 14.8. The third-order valence-corrected chi connectivity index (χ3v) is 3.27. The summed E-state index contributed by atoms with van der Waals surface area (Å²) in [4.78, 5) is 0. The molecule has 96 valence electrons. The second-order valence-corrected chi connectivity index (χ2v) is 4.70. The Morgan fingerprint density at radius 2 is 1.89 bits per heavy atom. The van der Waals surface area contributed by atoms with E-state index < -0.39 is 0 Å². The number of nitrogens with one attached hydrogen (secondary N) is 1. The van der Waals surface area contributed by atoms with Gasteiger partial charge < -0.3 is 5.32 Å². The molecule has 0 fully saturated rings. The van der Waals surface area contributed by atoms with E-state index in [4.69, 9.17) is 0 Å². The molecule has 1 heterocycles. The zero-order chi connectivity index (χ0) is 13.2. The normalized spacial score (nSPS) is 10.8. The Hall–Kier alpha value is -2.29. The van der Waals surface area contributed by atoms with Crippen molar-refractivity contribution in [3.05, 3.63) is 54.4 Å². The van der Waals surface area contributed by atoms with Crippen LogP contribution in [0.3, 0.4) is 0 Å². The van der Waals surface area contributed by atoms with Crippen molar-refractivity contribution in [2.75, 3.05) is 5.32 Å². The van der Waals surface area contributed by atoms with Gasteiger partial charge in [0.2, 0.25) is 0 Å². The van der Waals surface area contributed by atoms with Crippen LogP contribution in [0.1, 0.15) is 12.6 Å².